The first-order valence-corrected chi connectivity index (χ1v) is 10.3. The van der Waals surface area contributed by atoms with Crippen LogP contribution in [0.3, 0.4) is 0 Å². The van der Waals surface area contributed by atoms with Gasteiger partial charge in [0.05, 0.1) is 20.8 Å². The molecule has 1 aliphatic heterocycles. The minimum Gasteiger partial charge on any atom is -0.494 e. The number of amides is 3. The van der Waals surface area contributed by atoms with Gasteiger partial charge in [-0.1, -0.05) is 6.07 Å². The van der Waals surface area contributed by atoms with Crippen molar-refractivity contribution in [1.29, 1.82) is 0 Å². The van der Waals surface area contributed by atoms with Crippen molar-refractivity contribution in [2.24, 2.45) is 5.92 Å². The van der Waals surface area contributed by atoms with Crippen LogP contribution in [0.25, 0.3) is 0 Å². The second-order valence-electron chi connectivity index (χ2n) is 7.25. The first-order valence-electron chi connectivity index (χ1n) is 10.3. The molecule has 1 aliphatic rings. The quantitative estimate of drug-likeness (QED) is 0.642. The number of rotatable bonds is 9. The first kappa shape index (κ1) is 22.3. The number of benzene rings is 2. The third-order valence-electron chi connectivity index (χ3n) is 5.12. The summed E-state index contributed by atoms with van der Waals surface area (Å²) < 4.78 is 15.9. The predicted molar refractivity (Wildman–Crippen MR) is 118 cm³/mol. The zero-order valence-electron chi connectivity index (χ0n) is 18.1. The lowest BCUT2D eigenvalue weighted by Crippen LogP contribution is -2.38. The Balaban J connectivity index is 1.46. The molecular formula is C23H29N3O5. The average molecular weight is 428 g/mol. The lowest BCUT2D eigenvalue weighted by Gasteiger charge is -2.17. The maximum Gasteiger partial charge on any atom is 0.315 e. The Morgan fingerprint density at radius 2 is 1.81 bits per heavy atom. The van der Waals surface area contributed by atoms with Crippen LogP contribution >= 0.6 is 0 Å². The molecule has 0 spiro atoms. The molecule has 1 heterocycles. The van der Waals surface area contributed by atoms with E-state index < -0.39 is 0 Å². The Hall–Kier alpha value is -3.42. The van der Waals surface area contributed by atoms with Gasteiger partial charge in [0.15, 0.2) is 11.5 Å². The SMILES string of the molecule is CCOc1ccc(N2C[C@H](CNC(=O)NCc3ccc(OC)c(OC)c3)CC2=O)cc1. The topological polar surface area (TPSA) is 89.1 Å². The van der Waals surface area contributed by atoms with Gasteiger partial charge in [-0.25, -0.2) is 4.79 Å². The van der Waals surface area contributed by atoms with Crippen LogP contribution in [-0.4, -0.2) is 45.9 Å². The fraction of sp³-hybridized carbons (Fsp3) is 0.391. The van der Waals surface area contributed by atoms with Crippen molar-refractivity contribution in [2.75, 3.05) is 38.8 Å². The average Bonchev–Trinajstić information content (AvgIpc) is 3.17. The molecular weight excluding hydrogens is 398 g/mol. The molecule has 3 rings (SSSR count). The molecule has 0 unspecified atom stereocenters. The smallest absolute Gasteiger partial charge is 0.315 e. The van der Waals surface area contributed by atoms with Gasteiger partial charge in [-0.3, -0.25) is 4.79 Å². The Labute approximate surface area is 182 Å². The van der Waals surface area contributed by atoms with Gasteiger partial charge in [-0.05, 0) is 48.9 Å². The van der Waals surface area contributed by atoms with E-state index in [0.717, 1.165) is 17.0 Å². The number of nitrogens with zero attached hydrogens (tertiary/aromatic N) is 1. The lowest BCUT2D eigenvalue weighted by molar-refractivity contribution is -0.117. The number of carbonyl (C=O) groups excluding carboxylic acids is 2. The van der Waals surface area contributed by atoms with Gasteiger partial charge in [0.2, 0.25) is 5.91 Å². The molecule has 2 aromatic rings. The molecule has 0 saturated carbocycles. The summed E-state index contributed by atoms with van der Waals surface area (Å²) in [6, 6.07) is 12.7. The van der Waals surface area contributed by atoms with Crippen LogP contribution in [-0.2, 0) is 11.3 Å². The fourth-order valence-corrected chi connectivity index (χ4v) is 3.53. The van der Waals surface area contributed by atoms with Crippen molar-refractivity contribution in [3.8, 4) is 17.2 Å². The van der Waals surface area contributed by atoms with Crippen LogP contribution in [0, 0.1) is 5.92 Å². The molecule has 8 heteroatoms. The Kier molecular flexibility index (Phi) is 7.59. The minimum absolute atomic E-state index is 0.0571. The number of carbonyl (C=O) groups is 2. The van der Waals surface area contributed by atoms with Crippen molar-refractivity contribution >= 4 is 17.6 Å². The van der Waals surface area contributed by atoms with Crippen LogP contribution in [0.15, 0.2) is 42.5 Å². The van der Waals surface area contributed by atoms with Crippen LogP contribution in [0.5, 0.6) is 17.2 Å². The highest BCUT2D eigenvalue weighted by atomic mass is 16.5. The van der Waals surface area contributed by atoms with E-state index in [1.807, 2.05) is 43.3 Å². The zero-order chi connectivity index (χ0) is 22.2. The second kappa shape index (κ2) is 10.6. The summed E-state index contributed by atoms with van der Waals surface area (Å²) in [5, 5.41) is 5.68. The van der Waals surface area contributed by atoms with Crippen LogP contribution in [0.4, 0.5) is 10.5 Å². The van der Waals surface area contributed by atoms with E-state index in [1.54, 1.807) is 25.2 Å². The standard InChI is InChI=1S/C23H29N3O5/c1-4-31-19-8-6-18(7-9-19)26-15-17(12-22(26)27)14-25-23(28)24-13-16-5-10-20(29-2)21(11-16)30-3/h5-11,17H,4,12-15H2,1-3H3,(H2,24,25,28)/t17-/m0/s1. The van der Waals surface area contributed by atoms with E-state index in [1.165, 1.54) is 0 Å². The van der Waals surface area contributed by atoms with E-state index in [-0.39, 0.29) is 17.9 Å². The molecule has 2 N–H and O–H groups in total. The van der Waals surface area contributed by atoms with Gasteiger partial charge in [-0.15, -0.1) is 0 Å². The Morgan fingerprint density at radius 3 is 2.48 bits per heavy atom. The molecule has 2 aromatic carbocycles. The van der Waals surface area contributed by atoms with Crippen molar-refractivity contribution in [3.05, 3.63) is 48.0 Å². The van der Waals surface area contributed by atoms with E-state index >= 15 is 0 Å². The highest BCUT2D eigenvalue weighted by Crippen LogP contribution is 2.28. The first-order chi connectivity index (χ1) is 15.0. The minimum atomic E-state index is -0.276. The van der Waals surface area contributed by atoms with Gasteiger partial charge < -0.3 is 29.7 Å². The van der Waals surface area contributed by atoms with Crippen LogP contribution < -0.4 is 29.7 Å². The highest BCUT2D eigenvalue weighted by Gasteiger charge is 2.30. The summed E-state index contributed by atoms with van der Waals surface area (Å²) in [5.74, 6) is 2.15. The van der Waals surface area contributed by atoms with Crippen molar-refractivity contribution < 1.29 is 23.8 Å². The maximum absolute atomic E-state index is 12.4. The Morgan fingerprint density at radius 1 is 1.06 bits per heavy atom. The molecule has 1 saturated heterocycles. The molecule has 0 bridgehead atoms. The van der Waals surface area contributed by atoms with E-state index in [9.17, 15) is 9.59 Å². The summed E-state index contributed by atoms with van der Waals surface area (Å²) in [7, 11) is 3.15. The van der Waals surface area contributed by atoms with Gasteiger partial charge in [0, 0.05) is 37.7 Å². The molecule has 166 valence electrons. The molecule has 0 radical (unpaired) electrons. The Bertz CT molecular complexity index is 901. The summed E-state index contributed by atoms with van der Waals surface area (Å²) in [4.78, 5) is 26.4. The van der Waals surface area contributed by atoms with Gasteiger partial charge >= 0.3 is 6.03 Å². The third-order valence-corrected chi connectivity index (χ3v) is 5.12. The number of urea groups is 1. The summed E-state index contributed by atoms with van der Waals surface area (Å²) in [6.45, 7) is 3.89. The largest absolute Gasteiger partial charge is 0.494 e. The monoisotopic (exact) mass is 427 g/mol. The summed E-state index contributed by atoms with van der Waals surface area (Å²) in [5.41, 5.74) is 1.74. The molecule has 3 amide bonds. The molecule has 1 atom stereocenters. The normalized spacial score (nSPS) is 15.5. The van der Waals surface area contributed by atoms with Gasteiger partial charge in [0.25, 0.3) is 0 Å². The van der Waals surface area contributed by atoms with E-state index in [0.29, 0.717) is 44.2 Å². The molecule has 1 fully saturated rings. The summed E-state index contributed by atoms with van der Waals surface area (Å²) in [6.07, 6.45) is 0.406. The maximum atomic E-state index is 12.4. The lowest BCUT2D eigenvalue weighted by atomic mass is 10.1. The molecule has 8 nitrogen and oxygen atoms in total. The van der Waals surface area contributed by atoms with Gasteiger partial charge in [-0.2, -0.15) is 0 Å². The number of anilines is 1. The number of ether oxygens (including phenoxy) is 3. The fourth-order valence-electron chi connectivity index (χ4n) is 3.53. The number of methoxy groups -OCH3 is 2. The van der Waals surface area contributed by atoms with E-state index in [2.05, 4.69) is 10.6 Å². The predicted octanol–water partition coefficient (Wildman–Crippen LogP) is 2.95. The van der Waals surface area contributed by atoms with Crippen LogP contribution in [0.2, 0.25) is 0 Å². The van der Waals surface area contributed by atoms with Crippen molar-refractivity contribution in [3.63, 3.8) is 0 Å². The van der Waals surface area contributed by atoms with E-state index in [4.69, 9.17) is 14.2 Å². The number of hydrogen-bond acceptors (Lipinski definition) is 5. The molecule has 31 heavy (non-hydrogen) atoms. The number of nitrogens with one attached hydrogen (secondary N) is 2. The highest BCUT2D eigenvalue weighted by molar-refractivity contribution is 5.95. The third kappa shape index (κ3) is 5.81. The number of hydrogen-bond donors (Lipinski definition) is 2. The van der Waals surface area contributed by atoms with Crippen molar-refractivity contribution in [1.82, 2.24) is 10.6 Å². The van der Waals surface area contributed by atoms with Crippen molar-refractivity contribution in [2.45, 2.75) is 19.9 Å². The van der Waals surface area contributed by atoms with Crippen LogP contribution in [0.1, 0.15) is 18.9 Å². The zero-order valence-corrected chi connectivity index (χ0v) is 18.1. The van der Waals surface area contributed by atoms with Gasteiger partial charge in [0.1, 0.15) is 5.75 Å². The summed E-state index contributed by atoms with van der Waals surface area (Å²) >= 11 is 0. The molecule has 0 aliphatic carbocycles. The molecule has 0 aromatic heterocycles. The second-order valence-corrected chi connectivity index (χ2v) is 7.25.